The van der Waals surface area contributed by atoms with Gasteiger partial charge in [-0.15, -0.1) is 0 Å². The molecule has 0 spiro atoms. The maximum absolute atomic E-state index is 11.4. The molecule has 3 atom stereocenters. The van der Waals surface area contributed by atoms with Crippen molar-refractivity contribution < 1.29 is 4.79 Å². The Morgan fingerprint density at radius 2 is 2.17 bits per heavy atom. The van der Waals surface area contributed by atoms with Crippen molar-refractivity contribution in [2.45, 2.75) is 75.9 Å². The largest absolute Gasteiger partial charge is 0.368 e. The molecular weight excluding hydrogens is 226 g/mol. The van der Waals surface area contributed by atoms with Gasteiger partial charge in [0.1, 0.15) is 0 Å². The molecule has 1 amide bonds. The number of nitrogens with zero attached hydrogens (tertiary/aromatic N) is 1. The molecule has 0 aromatic heterocycles. The Bertz CT molecular complexity index is 305. The van der Waals surface area contributed by atoms with Crippen LogP contribution >= 0.6 is 0 Å². The van der Waals surface area contributed by atoms with Crippen LogP contribution in [0.5, 0.6) is 0 Å². The number of amides is 1. The summed E-state index contributed by atoms with van der Waals surface area (Å²) in [7, 11) is 0. The average Bonchev–Trinajstić information content (AvgIpc) is 2.74. The number of hydrogen-bond acceptors (Lipinski definition) is 3. The first-order valence-electron chi connectivity index (χ1n) is 7.41. The first-order chi connectivity index (χ1) is 8.57. The monoisotopic (exact) mass is 253 g/mol. The predicted molar refractivity (Wildman–Crippen MR) is 73.0 cm³/mol. The molecule has 0 aromatic rings. The van der Waals surface area contributed by atoms with Gasteiger partial charge in [0.25, 0.3) is 0 Å². The van der Waals surface area contributed by atoms with E-state index >= 15 is 0 Å². The SMILES string of the molecule is CCCC1CCCCN1C1CCC(N)(C(N)=O)C1. The van der Waals surface area contributed by atoms with E-state index in [2.05, 4.69) is 11.8 Å². The van der Waals surface area contributed by atoms with Gasteiger partial charge < -0.3 is 11.5 Å². The lowest BCUT2D eigenvalue weighted by atomic mass is 9.94. The molecule has 1 saturated carbocycles. The molecule has 2 fully saturated rings. The molecule has 2 rings (SSSR count). The molecule has 4 N–H and O–H groups in total. The Labute approximate surface area is 110 Å². The Hall–Kier alpha value is -0.610. The molecule has 18 heavy (non-hydrogen) atoms. The summed E-state index contributed by atoms with van der Waals surface area (Å²) in [6, 6.07) is 1.17. The molecule has 1 heterocycles. The average molecular weight is 253 g/mol. The van der Waals surface area contributed by atoms with Crippen LogP contribution in [-0.2, 0) is 4.79 Å². The molecule has 3 unspecified atom stereocenters. The second-order valence-electron chi connectivity index (χ2n) is 6.09. The van der Waals surface area contributed by atoms with E-state index in [1.54, 1.807) is 0 Å². The number of carbonyl (C=O) groups is 1. The van der Waals surface area contributed by atoms with E-state index in [0.29, 0.717) is 12.1 Å². The van der Waals surface area contributed by atoms with E-state index in [1.165, 1.54) is 38.6 Å². The molecule has 0 bridgehead atoms. The fourth-order valence-electron chi connectivity index (χ4n) is 3.70. The summed E-state index contributed by atoms with van der Waals surface area (Å²) in [5, 5.41) is 0. The molecule has 0 aromatic carbocycles. The van der Waals surface area contributed by atoms with E-state index in [9.17, 15) is 4.79 Å². The van der Waals surface area contributed by atoms with Crippen molar-refractivity contribution >= 4 is 5.91 Å². The lowest BCUT2D eigenvalue weighted by Crippen LogP contribution is -2.52. The fourth-order valence-corrected chi connectivity index (χ4v) is 3.70. The zero-order valence-corrected chi connectivity index (χ0v) is 11.5. The first-order valence-corrected chi connectivity index (χ1v) is 7.41. The number of primary amides is 1. The fraction of sp³-hybridized carbons (Fsp3) is 0.929. The third kappa shape index (κ3) is 2.69. The Morgan fingerprint density at radius 1 is 1.39 bits per heavy atom. The van der Waals surface area contributed by atoms with Gasteiger partial charge in [0, 0.05) is 12.1 Å². The van der Waals surface area contributed by atoms with Gasteiger partial charge in [0.15, 0.2) is 0 Å². The van der Waals surface area contributed by atoms with Gasteiger partial charge in [0.05, 0.1) is 5.54 Å². The summed E-state index contributed by atoms with van der Waals surface area (Å²) in [6.45, 7) is 3.42. The van der Waals surface area contributed by atoms with Crippen molar-refractivity contribution in [3.63, 3.8) is 0 Å². The summed E-state index contributed by atoms with van der Waals surface area (Å²) in [5.41, 5.74) is 10.8. The lowest BCUT2D eigenvalue weighted by molar-refractivity contribution is -0.123. The number of likely N-dealkylation sites (tertiary alicyclic amines) is 1. The van der Waals surface area contributed by atoms with Crippen LogP contribution in [0.4, 0.5) is 0 Å². The number of hydrogen-bond donors (Lipinski definition) is 2. The molecule has 4 nitrogen and oxygen atoms in total. The van der Waals surface area contributed by atoms with Crippen LogP contribution in [0, 0.1) is 0 Å². The van der Waals surface area contributed by atoms with Gasteiger partial charge in [0.2, 0.25) is 5.91 Å². The summed E-state index contributed by atoms with van der Waals surface area (Å²) < 4.78 is 0. The van der Waals surface area contributed by atoms with Crippen LogP contribution in [0.25, 0.3) is 0 Å². The van der Waals surface area contributed by atoms with Crippen LogP contribution in [0.3, 0.4) is 0 Å². The minimum Gasteiger partial charge on any atom is -0.368 e. The van der Waals surface area contributed by atoms with Gasteiger partial charge >= 0.3 is 0 Å². The predicted octanol–water partition coefficient (Wildman–Crippen LogP) is 1.38. The van der Waals surface area contributed by atoms with Gasteiger partial charge in [-0.25, -0.2) is 0 Å². The van der Waals surface area contributed by atoms with Crippen LogP contribution in [0.1, 0.15) is 58.3 Å². The number of piperidine rings is 1. The highest BCUT2D eigenvalue weighted by Gasteiger charge is 2.44. The maximum Gasteiger partial charge on any atom is 0.237 e. The molecule has 1 aliphatic heterocycles. The lowest BCUT2D eigenvalue weighted by Gasteiger charge is -2.40. The van der Waals surface area contributed by atoms with Crippen molar-refractivity contribution in [2.24, 2.45) is 11.5 Å². The van der Waals surface area contributed by atoms with Gasteiger partial charge in [-0.3, -0.25) is 9.69 Å². The molecule has 1 saturated heterocycles. The maximum atomic E-state index is 11.4. The second-order valence-corrected chi connectivity index (χ2v) is 6.09. The van der Waals surface area contributed by atoms with E-state index in [1.807, 2.05) is 0 Å². The molecule has 2 aliphatic rings. The minimum atomic E-state index is -0.751. The quantitative estimate of drug-likeness (QED) is 0.795. The summed E-state index contributed by atoms with van der Waals surface area (Å²) in [4.78, 5) is 14.1. The van der Waals surface area contributed by atoms with Crippen LogP contribution in [-0.4, -0.2) is 35.0 Å². The van der Waals surface area contributed by atoms with Gasteiger partial charge in [-0.2, -0.15) is 0 Å². The molecule has 1 aliphatic carbocycles. The van der Waals surface area contributed by atoms with Crippen molar-refractivity contribution in [1.29, 1.82) is 0 Å². The standard InChI is InChI=1S/C14H27N3O/c1-2-5-11-6-3-4-9-17(11)12-7-8-14(16,10-12)13(15)18/h11-12H,2-10,16H2,1H3,(H2,15,18). The second kappa shape index (κ2) is 5.57. The zero-order valence-electron chi connectivity index (χ0n) is 11.5. The van der Waals surface area contributed by atoms with E-state index < -0.39 is 5.54 Å². The van der Waals surface area contributed by atoms with E-state index in [-0.39, 0.29) is 5.91 Å². The Balaban J connectivity index is 2.00. The topological polar surface area (TPSA) is 72.3 Å². The van der Waals surface area contributed by atoms with Crippen molar-refractivity contribution in [1.82, 2.24) is 4.90 Å². The Morgan fingerprint density at radius 3 is 2.78 bits per heavy atom. The van der Waals surface area contributed by atoms with E-state index in [4.69, 9.17) is 11.5 Å². The van der Waals surface area contributed by atoms with Crippen LogP contribution in [0.2, 0.25) is 0 Å². The first kappa shape index (κ1) is 13.8. The third-order valence-electron chi connectivity index (χ3n) is 4.78. The number of carbonyl (C=O) groups excluding carboxylic acids is 1. The van der Waals surface area contributed by atoms with Gasteiger partial charge in [-0.1, -0.05) is 19.8 Å². The summed E-state index contributed by atoms with van der Waals surface area (Å²) in [6.07, 6.45) is 8.97. The van der Waals surface area contributed by atoms with Crippen LogP contribution in [0.15, 0.2) is 0 Å². The van der Waals surface area contributed by atoms with E-state index in [0.717, 1.165) is 19.3 Å². The molecular formula is C14H27N3O. The van der Waals surface area contributed by atoms with Crippen LogP contribution < -0.4 is 11.5 Å². The third-order valence-corrected chi connectivity index (χ3v) is 4.78. The Kier molecular flexibility index (Phi) is 4.28. The van der Waals surface area contributed by atoms with Crippen molar-refractivity contribution in [3.8, 4) is 0 Å². The summed E-state index contributed by atoms with van der Waals surface area (Å²) in [5.74, 6) is -0.325. The number of rotatable bonds is 4. The van der Waals surface area contributed by atoms with Gasteiger partial charge in [-0.05, 0) is 45.1 Å². The zero-order chi connectivity index (χ0) is 13.2. The summed E-state index contributed by atoms with van der Waals surface area (Å²) >= 11 is 0. The highest BCUT2D eigenvalue weighted by molar-refractivity contribution is 5.84. The molecule has 104 valence electrons. The number of nitrogens with two attached hydrogens (primary N) is 2. The highest BCUT2D eigenvalue weighted by Crippen LogP contribution is 2.35. The minimum absolute atomic E-state index is 0.325. The molecule has 0 radical (unpaired) electrons. The highest BCUT2D eigenvalue weighted by atomic mass is 16.1. The van der Waals surface area contributed by atoms with Crippen molar-refractivity contribution in [2.75, 3.05) is 6.54 Å². The smallest absolute Gasteiger partial charge is 0.237 e. The molecule has 4 heteroatoms. The van der Waals surface area contributed by atoms with Crippen molar-refractivity contribution in [3.05, 3.63) is 0 Å². The normalized spacial score (nSPS) is 37.9.